The number of anilines is 1. The number of rotatable bonds is 8. The molecule has 3 rings (SSSR count). The van der Waals surface area contributed by atoms with Gasteiger partial charge in [0.2, 0.25) is 0 Å². The predicted molar refractivity (Wildman–Crippen MR) is 106 cm³/mol. The molecule has 3 aromatic rings. The van der Waals surface area contributed by atoms with Crippen molar-refractivity contribution >= 4 is 17.3 Å². The number of nitrogen functional groups attached to an aromatic ring is 1. The summed E-state index contributed by atoms with van der Waals surface area (Å²) in [5, 5.41) is 19.7. The first-order chi connectivity index (χ1) is 13.9. The summed E-state index contributed by atoms with van der Waals surface area (Å²) in [5.41, 5.74) is 12.6. The predicted octanol–water partition coefficient (Wildman–Crippen LogP) is 1.71. The number of carbonyl (C=O) groups is 1. The lowest BCUT2D eigenvalue weighted by atomic mass is 10.0. The number of nitro groups is 1. The van der Waals surface area contributed by atoms with Gasteiger partial charge >= 0.3 is 0 Å². The number of hydrogen-bond acceptors (Lipinski definition) is 7. The average Bonchev–Trinajstić information content (AvgIpc) is 3.14. The largest absolute Gasteiger partial charge is 0.494 e. The lowest BCUT2D eigenvalue weighted by Crippen LogP contribution is -2.16. The standard InChI is InChI=1S/C19H20N6O4/c1-29-18-14(16(25(27)28)10-15(17(18)20)19(21)26)9-13-11-24(23-22-13)8-7-12-5-3-2-4-6-12/h2-6,10-11H,7-9,20H2,1H3,(H2,21,26). The van der Waals surface area contributed by atoms with Gasteiger partial charge in [-0.2, -0.15) is 0 Å². The van der Waals surface area contributed by atoms with Crippen molar-refractivity contribution in [1.29, 1.82) is 0 Å². The van der Waals surface area contributed by atoms with E-state index in [0.29, 0.717) is 12.2 Å². The van der Waals surface area contributed by atoms with E-state index in [0.717, 1.165) is 18.1 Å². The van der Waals surface area contributed by atoms with Crippen molar-refractivity contribution in [2.75, 3.05) is 12.8 Å². The molecule has 0 unspecified atom stereocenters. The fourth-order valence-electron chi connectivity index (χ4n) is 3.07. The summed E-state index contributed by atoms with van der Waals surface area (Å²) in [5.74, 6) is -0.839. The molecule has 29 heavy (non-hydrogen) atoms. The monoisotopic (exact) mass is 396 g/mol. The van der Waals surface area contributed by atoms with Crippen molar-refractivity contribution in [3.05, 3.63) is 75.1 Å². The number of amides is 1. The second-order valence-corrected chi connectivity index (χ2v) is 6.38. The Morgan fingerprint density at radius 3 is 2.66 bits per heavy atom. The van der Waals surface area contributed by atoms with Crippen LogP contribution in [0.2, 0.25) is 0 Å². The molecule has 4 N–H and O–H groups in total. The van der Waals surface area contributed by atoms with E-state index in [2.05, 4.69) is 10.3 Å². The molecule has 10 nitrogen and oxygen atoms in total. The van der Waals surface area contributed by atoms with Gasteiger partial charge in [0.25, 0.3) is 11.6 Å². The smallest absolute Gasteiger partial charge is 0.277 e. The number of nitrogens with two attached hydrogens (primary N) is 2. The van der Waals surface area contributed by atoms with Crippen molar-refractivity contribution in [2.45, 2.75) is 19.4 Å². The highest BCUT2D eigenvalue weighted by Crippen LogP contribution is 2.38. The number of aryl methyl sites for hydroxylation is 2. The minimum Gasteiger partial charge on any atom is -0.494 e. The number of primary amides is 1. The van der Waals surface area contributed by atoms with Crippen LogP contribution in [-0.2, 0) is 19.4 Å². The van der Waals surface area contributed by atoms with Crippen LogP contribution in [0.4, 0.5) is 11.4 Å². The third kappa shape index (κ3) is 4.32. The summed E-state index contributed by atoms with van der Waals surface area (Å²) in [6.45, 7) is 0.610. The molecule has 0 fully saturated rings. The Hall–Kier alpha value is -3.95. The van der Waals surface area contributed by atoms with E-state index in [-0.39, 0.29) is 34.7 Å². The maximum atomic E-state index is 11.6. The Morgan fingerprint density at radius 1 is 1.31 bits per heavy atom. The molecule has 10 heteroatoms. The van der Waals surface area contributed by atoms with Gasteiger partial charge in [-0.25, -0.2) is 0 Å². The maximum Gasteiger partial charge on any atom is 0.277 e. The van der Waals surface area contributed by atoms with Crippen molar-refractivity contribution in [3.8, 4) is 5.75 Å². The van der Waals surface area contributed by atoms with Crippen molar-refractivity contribution < 1.29 is 14.5 Å². The Bertz CT molecular complexity index is 1050. The molecular weight excluding hydrogens is 376 g/mol. The molecule has 150 valence electrons. The second-order valence-electron chi connectivity index (χ2n) is 6.38. The minimum atomic E-state index is -0.873. The zero-order valence-corrected chi connectivity index (χ0v) is 15.7. The highest BCUT2D eigenvalue weighted by Gasteiger charge is 2.27. The normalized spacial score (nSPS) is 10.7. The number of methoxy groups -OCH3 is 1. The number of carbonyl (C=O) groups excluding carboxylic acids is 1. The Kier molecular flexibility index (Phi) is 5.72. The second kappa shape index (κ2) is 8.38. The summed E-state index contributed by atoms with van der Waals surface area (Å²) >= 11 is 0. The van der Waals surface area contributed by atoms with E-state index in [1.807, 2.05) is 30.3 Å². The first kappa shape index (κ1) is 19.8. The van der Waals surface area contributed by atoms with Gasteiger partial charge in [-0.15, -0.1) is 5.10 Å². The molecule has 0 radical (unpaired) electrons. The van der Waals surface area contributed by atoms with Gasteiger partial charge < -0.3 is 16.2 Å². The number of hydrogen-bond donors (Lipinski definition) is 2. The fraction of sp³-hybridized carbons (Fsp3) is 0.211. The molecule has 0 bridgehead atoms. The highest BCUT2D eigenvalue weighted by atomic mass is 16.6. The topological polar surface area (TPSA) is 152 Å². The lowest BCUT2D eigenvalue weighted by molar-refractivity contribution is -0.385. The fourth-order valence-corrected chi connectivity index (χ4v) is 3.07. The molecule has 0 saturated carbocycles. The van der Waals surface area contributed by atoms with Crippen LogP contribution in [0.1, 0.15) is 27.2 Å². The minimum absolute atomic E-state index is 0.0341. The van der Waals surface area contributed by atoms with Crippen LogP contribution in [0.25, 0.3) is 0 Å². The van der Waals surface area contributed by atoms with Gasteiger partial charge in [-0.3, -0.25) is 19.6 Å². The van der Waals surface area contributed by atoms with Crippen molar-refractivity contribution in [2.24, 2.45) is 5.73 Å². The summed E-state index contributed by atoms with van der Waals surface area (Å²) in [6, 6.07) is 11.0. The van der Waals surface area contributed by atoms with Gasteiger partial charge in [-0.05, 0) is 12.0 Å². The molecule has 0 atom stereocenters. The SMILES string of the molecule is COc1c(N)c(C(N)=O)cc([N+](=O)[O-])c1Cc1cn(CCc2ccccc2)nn1. The first-order valence-corrected chi connectivity index (χ1v) is 8.77. The molecule has 2 aromatic carbocycles. The molecule has 0 saturated heterocycles. The van der Waals surface area contributed by atoms with Crippen LogP contribution >= 0.6 is 0 Å². The van der Waals surface area contributed by atoms with Gasteiger partial charge in [0, 0.05) is 25.2 Å². The van der Waals surface area contributed by atoms with Crippen LogP contribution in [0.3, 0.4) is 0 Å². The summed E-state index contributed by atoms with van der Waals surface area (Å²) < 4.78 is 6.92. The Balaban J connectivity index is 1.88. The summed E-state index contributed by atoms with van der Waals surface area (Å²) in [7, 11) is 1.32. The third-order valence-electron chi connectivity index (χ3n) is 4.48. The first-order valence-electron chi connectivity index (χ1n) is 8.77. The molecular formula is C19H20N6O4. The number of aromatic nitrogens is 3. The van der Waals surface area contributed by atoms with Crippen LogP contribution in [0.15, 0.2) is 42.6 Å². The molecule has 1 heterocycles. The van der Waals surface area contributed by atoms with E-state index < -0.39 is 10.8 Å². The average molecular weight is 396 g/mol. The van der Waals surface area contributed by atoms with Gasteiger partial charge in [0.1, 0.15) is 0 Å². The molecule has 0 spiro atoms. The zero-order chi connectivity index (χ0) is 21.0. The van der Waals surface area contributed by atoms with Crippen LogP contribution in [-0.4, -0.2) is 32.9 Å². The van der Waals surface area contributed by atoms with Gasteiger partial charge in [-0.1, -0.05) is 35.5 Å². The molecule has 0 aliphatic heterocycles. The Morgan fingerprint density at radius 2 is 2.03 bits per heavy atom. The Labute approximate surface area is 166 Å². The lowest BCUT2D eigenvalue weighted by Gasteiger charge is -2.13. The van der Waals surface area contributed by atoms with Gasteiger partial charge in [0.15, 0.2) is 5.75 Å². The number of nitrogens with zero attached hydrogens (tertiary/aromatic N) is 4. The van der Waals surface area contributed by atoms with Crippen LogP contribution in [0, 0.1) is 10.1 Å². The van der Waals surface area contributed by atoms with E-state index >= 15 is 0 Å². The van der Waals surface area contributed by atoms with E-state index in [9.17, 15) is 14.9 Å². The third-order valence-corrected chi connectivity index (χ3v) is 4.48. The number of benzene rings is 2. The molecule has 1 aromatic heterocycles. The van der Waals surface area contributed by atoms with Crippen LogP contribution < -0.4 is 16.2 Å². The van der Waals surface area contributed by atoms with Crippen molar-refractivity contribution in [3.63, 3.8) is 0 Å². The quantitative estimate of drug-likeness (QED) is 0.334. The number of ether oxygens (including phenoxy) is 1. The highest BCUT2D eigenvalue weighted by molar-refractivity contribution is 6.00. The van der Waals surface area contributed by atoms with E-state index in [4.69, 9.17) is 16.2 Å². The van der Waals surface area contributed by atoms with Crippen molar-refractivity contribution in [1.82, 2.24) is 15.0 Å². The van der Waals surface area contributed by atoms with E-state index in [1.54, 1.807) is 10.9 Å². The molecule has 1 amide bonds. The van der Waals surface area contributed by atoms with E-state index in [1.165, 1.54) is 7.11 Å². The van der Waals surface area contributed by atoms with Crippen LogP contribution in [0.5, 0.6) is 5.75 Å². The summed E-state index contributed by atoms with van der Waals surface area (Å²) in [6.07, 6.45) is 2.55. The molecule has 0 aliphatic carbocycles. The summed E-state index contributed by atoms with van der Waals surface area (Å²) in [4.78, 5) is 22.5. The number of nitro benzene ring substituents is 1. The maximum absolute atomic E-state index is 11.6. The zero-order valence-electron chi connectivity index (χ0n) is 15.7. The molecule has 0 aliphatic rings. The van der Waals surface area contributed by atoms with Gasteiger partial charge in [0.05, 0.1) is 34.5 Å².